The van der Waals surface area contributed by atoms with Crippen molar-refractivity contribution in [3.63, 3.8) is 0 Å². The lowest BCUT2D eigenvalue weighted by Crippen LogP contribution is -2.48. The van der Waals surface area contributed by atoms with Crippen LogP contribution < -0.4 is 10.2 Å². The molecule has 3 aliphatic rings. The second-order valence-corrected chi connectivity index (χ2v) is 9.39. The van der Waals surface area contributed by atoms with Crippen molar-refractivity contribution in [2.45, 2.75) is 32.6 Å². The molecule has 1 aromatic carbocycles. The van der Waals surface area contributed by atoms with Gasteiger partial charge in [-0.3, -0.25) is 9.79 Å². The average Bonchev–Trinajstić information content (AvgIpc) is 2.82. The molecule has 2 heterocycles. The minimum Gasteiger partial charge on any atom is -0.368 e. The van der Waals surface area contributed by atoms with Crippen LogP contribution in [0.15, 0.2) is 52.5 Å². The number of amides is 1. The van der Waals surface area contributed by atoms with E-state index in [0.717, 1.165) is 68.6 Å². The number of piperazine rings is 1. The first-order valence-electron chi connectivity index (χ1n) is 11.6. The molecule has 1 atom stereocenters. The van der Waals surface area contributed by atoms with Gasteiger partial charge < -0.3 is 15.1 Å². The van der Waals surface area contributed by atoms with Crippen LogP contribution in [0.25, 0.3) is 0 Å². The molecular weight excluding hydrogens is 454 g/mol. The van der Waals surface area contributed by atoms with Gasteiger partial charge in [0.05, 0.1) is 11.6 Å². The van der Waals surface area contributed by atoms with Gasteiger partial charge >= 0.3 is 0 Å². The largest absolute Gasteiger partial charge is 0.368 e. The lowest BCUT2D eigenvalue weighted by atomic mass is 9.96. The third kappa shape index (κ3) is 6.09. The van der Waals surface area contributed by atoms with Crippen molar-refractivity contribution in [2.24, 2.45) is 15.9 Å². The monoisotopic (exact) mass is 483 g/mol. The zero-order chi connectivity index (χ0) is 23.2. The number of amidine groups is 1. The number of nitrogens with one attached hydrogen (secondary N) is 1. The topological polar surface area (TPSA) is 60.3 Å². The number of carbonyl (C=O) groups is 1. The molecule has 1 amide bonds. The molecule has 174 valence electrons. The van der Waals surface area contributed by atoms with Crippen molar-refractivity contribution < 1.29 is 4.79 Å². The van der Waals surface area contributed by atoms with Crippen LogP contribution in [0.3, 0.4) is 0 Å². The average molecular weight is 484 g/mol. The van der Waals surface area contributed by atoms with E-state index >= 15 is 0 Å². The van der Waals surface area contributed by atoms with Gasteiger partial charge in [0.25, 0.3) is 0 Å². The first kappa shape index (κ1) is 23.6. The molecule has 0 aromatic heterocycles. The minimum atomic E-state index is 0.0673. The van der Waals surface area contributed by atoms with Crippen LogP contribution in [-0.4, -0.2) is 60.2 Å². The van der Waals surface area contributed by atoms with Crippen LogP contribution in [0.1, 0.15) is 31.2 Å². The van der Waals surface area contributed by atoms with E-state index in [1.807, 2.05) is 41.3 Å². The SMILES string of the molecule is Cc1ccc(Cl)cc1N1CCN(C(=O)CCCCCN=C2NC(=S)N=C3C=CC=CC32)CC1. The Morgan fingerprint density at radius 1 is 1.21 bits per heavy atom. The molecule has 8 heteroatoms. The maximum Gasteiger partial charge on any atom is 0.222 e. The summed E-state index contributed by atoms with van der Waals surface area (Å²) in [7, 11) is 0. The number of hydrogen-bond donors (Lipinski definition) is 1. The summed E-state index contributed by atoms with van der Waals surface area (Å²) < 4.78 is 0. The van der Waals surface area contributed by atoms with E-state index in [1.165, 1.54) is 11.3 Å². The molecule has 1 N–H and O–H groups in total. The molecule has 1 unspecified atom stereocenters. The number of benzene rings is 1. The number of aryl methyl sites for hydroxylation is 1. The molecule has 33 heavy (non-hydrogen) atoms. The van der Waals surface area contributed by atoms with Crippen molar-refractivity contribution in [1.82, 2.24) is 10.2 Å². The molecule has 2 aliphatic heterocycles. The zero-order valence-electron chi connectivity index (χ0n) is 19.0. The third-order valence-corrected chi connectivity index (χ3v) is 6.66. The number of nitrogens with zero attached hydrogens (tertiary/aromatic N) is 4. The third-order valence-electron chi connectivity index (χ3n) is 6.24. The fourth-order valence-corrected chi connectivity index (χ4v) is 4.76. The second kappa shape index (κ2) is 11.1. The van der Waals surface area contributed by atoms with Crippen LogP contribution in [0.5, 0.6) is 0 Å². The first-order chi connectivity index (χ1) is 16.0. The Kier molecular flexibility index (Phi) is 7.93. The van der Waals surface area contributed by atoms with Gasteiger partial charge in [0.2, 0.25) is 5.91 Å². The number of carbonyl (C=O) groups excluding carboxylic acids is 1. The van der Waals surface area contributed by atoms with Crippen molar-refractivity contribution in [3.8, 4) is 0 Å². The Morgan fingerprint density at radius 3 is 2.85 bits per heavy atom. The van der Waals surface area contributed by atoms with E-state index in [4.69, 9.17) is 28.8 Å². The summed E-state index contributed by atoms with van der Waals surface area (Å²) in [6.07, 6.45) is 11.5. The molecule has 0 radical (unpaired) electrons. The van der Waals surface area contributed by atoms with Crippen LogP contribution in [0.4, 0.5) is 5.69 Å². The van der Waals surface area contributed by atoms with E-state index in [-0.39, 0.29) is 11.8 Å². The maximum absolute atomic E-state index is 12.6. The maximum atomic E-state index is 12.6. The Hall–Kier alpha value is -2.51. The van der Waals surface area contributed by atoms with Crippen molar-refractivity contribution in [1.29, 1.82) is 0 Å². The van der Waals surface area contributed by atoms with E-state index in [2.05, 4.69) is 28.2 Å². The van der Waals surface area contributed by atoms with E-state index in [1.54, 1.807) is 0 Å². The van der Waals surface area contributed by atoms with Crippen LogP contribution in [-0.2, 0) is 4.79 Å². The van der Waals surface area contributed by atoms with Gasteiger partial charge in [-0.25, -0.2) is 4.99 Å². The zero-order valence-corrected chi connectivity index (χ0v) is 20.5. The molecule has 6 nitrogen and oxygen atoms in total. The number of rotatable bonds is 7. The Labute approximate surface area is 206 Å². The summed E-state index contributed by atoms with van der Waals surface area (Å²) in [6.45, 7) is 6.03. The minimum absolute atomic E-state index is 0.0673. The number of fused-ring (bicyclic) bond motifs is 1. The molecule has 0 bridgehead atoms. The lowest BCUT2D eigenvalue weighted by molar-refractivity contribution is -0.131. The first-order valence-corrected chi connectivity index (χ1v) is 12.4. The Bertz CT molecular complexity index is 1020. The van der Waals surface area contributed by atoms with Gasteiger partial charge in [0.15, 0.2) is 5.11 Å². The van der Waals surface area contributed by atoms with E-state index < -0.39 is 0 Å². The summed E-state index contributed by atoms with van der Waals surface area (Å²) in [5, 5.41) is 4.35. The van der Waals surface area contributed by atoms with Gasteiger partial charge in [0, 0.05) is 49.9 Å². The number of aliphatic imine (C=N–C) groups is 2. The predicted octanol–water partition coefficient (Wildman–Crippen LogP) is 4.33. The molecule has 1 aromatic rings. The molecule has 4 rings (SSSR count). The Balaban J connectivity index is 1.16. The summed E-state index contributed by atoms with van der Waals surface area (Å²) in [5.41, 5.74) is 3.33. The standard InChI is InChI=1S/C25H30ClN5OS/c1-18-10-11-19(26)17-22(18)30-13-15-31(16-14-30)23(32)9-3-2-6-12-27-24-20-7-4-5-8-21(20)28-25(33)29-24/h4-5,7-8,10-11,17,20H,2-3,6,9,12-16H2,1H3,(H,27,29,33). The number of allylic oxidation sites excluding steroid dienone is 3. The molecule has 1 aliphatic carbocycles. The van der Waals surface area contributed by atoms with Crippen molar-refractivity contribution >= 4 is 52.1 Å². The highest BCUT2D eigenvalue weighted by Gasteiger charge is 2.25. The van der Waals surface area contributed by atoms with Crippen molar-refractivity contribution in [2.75, 3.05) is 37.6 Å². The molecular formula is C25H30ClN5OS. The summed E-state index contributed by atoms with van der Waals surface area (Å²) in [5.74, 6) is 1.19. The molecule has 1 saturated heterocycles. The fraction of sp³-hybridized carbons (Fsp3) is 0.440. The molecule has 0 saturated carbocycles. The fourth-order valence-electron chi connectivity index (χ4n) is 4.38. The molecule has 0 spiro atoms. The highest BCUT2D eigenvalue weighted by atomic mass is 35.5. The van der Waals surface area contributed by atoms with E-state index in [0.29, 0.717) is 11.5 Å². The highest BCUT2D eigenvalue weighted by Crippen LogP contribution is 2.25. The normalized spacial score (nSPS) is 21.2. The number of hydrogen-bond acceptors (Lipinski definition) is 4. The van der Waals surface area contributed by atoms with E-state index in [9.17, 15) is 4.79 Å². The Morgan fingerprint density at radius 2 is 2.03 bits per heavy atom. The van der Waals surface area contributed by atoms with Crippen molar-refractivity contribution in [3.05, 3.63) is 53.1 Å². The van der Waals surface area contributed by atoms with Crippen LogP contribution in [0, 0.1) is 12.8 Å². The van der Waals surface area contributed by atoms with Gasteiger partial charge in [-0.15, -0.1) is 0 Å². The number of anilines is 1. The summed E-state index contributed by atoms with van der Waals surface area (Å²) >= 11 is 11.4. The number of halogens is 1. The van der Waals surface area contributed by atoms with Crippen LogP contribution in [0.2, 0.25) is 5.02 Å². The van der Waals surface area contributed by atoms with Gasteiger partial charge in [-0.05, 0) is 55.8 Å². The number of thiocarbonyl (C=S) groups is 1. The van der Waals surface area contributed by atoms with Gasteiger partial charge in [-0.2, -0.15) is 0 Å². The molecule has 1 fully saturated rings. The quantitative estimate of drug-likeness (QED) is 0.463. The summed E-state index contributed by atoms with van der Waals surface area (Å²) in [6, 6.07) is 5.99. The van der Waals surface area contributed by atoms with Gasteiger partial charge in [-0.1, -0.05) is 42.3 Å². The van der Waals surface area contributed by atoms with Gasteiger partial charge in [0.1, 0.15) is 5.84 Å². The predicted molar refractivity (Wildman–Crippen MR) is 141 cm³/mol. The second-order valence-electron chi connectivity index (χ2n) is 8.56. The highest BCUT2D eigenvalue weighted by molar-refractivity contribution is 7.80. The smallest absolute Gasteiger partial charge is 0.222 e. The van der Waals surface area contributed by atoms with Crippen LogP contribution >= 0.6 is 23.8 Å². The lowest BCUT2D eigenvalue weighted by Gasteiger charge is -2.37. The summed E-state index contributed by atoms with van der Waals surface area (Å²) in [4.78, 5) is 26.0. The number of unbranched alkanes of at least 4 members (excludes halogenated alkanes) is 2.